The van der Waals surface area contributed by atoms with Crippen molar-refractivity contribution >= 4 is 43.3 Å². The van der Waals surface area contributed by atoms with Crippen LogP contribution < -0.4 is 14.8 Å². The van der Waals surface area contributed by atoms with Crippen molar-refractivity contribution < 1.29 is 22.7 Å². The molecule has 186 valence electrons. The number of aryl methyl sites for hydroxylation is 1. The second-order valence-electron chi connectivity index (χ2n) is 8.70. The van der Waals surface area contributed by atoms with E-state index in [1.54, 1.807) is 10.7 Å². The number of carbonyl (C=O) groups is 1. The van der Waals surface area contributed by atoms with Crippen LogP contribution in [0.1, 0.15) is 35.3 Å². The number of sulfonamides is 1. The van der Waals surface area contributed by atoms with Crippen LogP contribution in [0.5, 0.6) is 11.5 Å². The third kappa shape index (κ3) is 4.10. The Balaban J connectivity index is 1.24. The molecule has 2 aliphatic heterocycles. The van der Waals surface area contributed by atoms with E-state index in [1.165, 1.54) is 39.9 Å². The summed E-state index contributed by atoms with van der Waals surface area (Å²) < 4.78 is 40.7. The van der Waals surface area contributed by atoms with Crippen LogP contribution >= 0.6 is 11.3 Å². The van der Waals surface area contributed by atoms with Gasteiger partial charge in [-0.2, -0.15) is 14.1 Å². The zero-order valence-electron chi connectivity index (χ0n) is 19.4. The van der Waals surface area contributed by atoms with Gasteiger partial charge in [0, 0.05) is 36.9 Å². The first-order valence-electron chi connectivity index (χ1n) is 11.6. The maximum Gasteiger partial charge on any atom is 0.256 e. The van der Waals surface area contributed by atoms with Gasteiger partial charge in [-0.1, -0.05) is 17.8 Å². The number of aromatic nitrogens is 3. The highest BCUT2D eigenvalue weighted by atomic mass is 32.2. The lowest BCUT2D eigenvalue weighted by Crippen LogP contribution is -2.35. The molecule has 36 heavy (non-hydrogen) atoms. The van der Waals surface area contributed by atoms with Crippen LogP contribution in [0.3, 0.4) is 0 Å². The van der Waals surface area contributed by atoms with Crippen molar-refractivity contribution in [2.75, 3.05) is 25.2 Å². The molecule has 0 atom stereocenters. The van der Waals surface area contributed by atoms with Gasteiger partial charge in [-0.15, -0.1) is 0 Å². The smallest absolute Gasteiger partial charge is 0.256 e. The van der Waals surface area contributed by atoms with Gasteiger partial charge in [0.15, 0.2) is 11.5 Å². The Morgan fingerprint density at radius 3 is 2.50 bits per heavy atom. The van der Waals surface area contributed by atoms with Crippen molar-refractivity contribution in [1.29, 1.82) is 0 Å². The molecule has 0 bridgehead atoms. The fourth-order valence-corrected chi connectivity index (χ4v) is 6.81. The quantitative estimate of drug-likeness (QED) is 0.420. The summed E-state index contributed by atoms with van der Waals surface area (Å²) >= 11 is 1.42. The first-order chi connectivity index (χ1) is 17.4. The lowest BCUT2D eigenvalue weighted by atomic mass is 10.2. The molecule has 2 aromatic heterocycles. The molecular weight excluding hydrogens is 502 g/mol. The molecular formula is C24H23N5O5S2. The van der Waals surface area contributed by atoms with Crippen molar-refractivity contribution in [2.24, 2.45) is 0 Å². The highest BCUT2D eigenvalue weighted by molar-refractivity contribution is 7.89. The van der Waals surface area contributed by atoms with E-state index >= 15 is 0 Å². The highest BCUT2D eigenvalue weighted by Gasteiger charge is 2.26. The summed E-state index contributed by atoms with van der Waals surface area (Å²) in [6.07, 6.45) is 2.78. The van der Waals surface area contributed by atoms with Crippen LogP contribution in [-0.4, -0.2) is 53.3 Å². The molecule has 0 radical (unpaired) electrons. The number of fused-ring (bicyclic) bond motifs is 2. The number of hydrogen-bond acceptors (Lipinski definition) is 8. The molecule has 1 amide bonds. The Hall–Kier alpha value is -3.48. The number of rotatable bonds is 5. The van der Waals surface area contributed by atoms with E-state index < -0.39 is 10.0 Å². The van der Waals surface area contributed by atoms with Crippen LogP contribution in [0.4, 0.5) is 5.82 Å². The van der Waals surface area contributed by atoms with E-state index in [1.807, 2.05) is 19.1 Å². The number of nitrogens with one attached hydrogen (secondary N) is 1. The molecule has 10 nitrogen and oxygen atoms in total. The largest absolute Gasteiger partial charge is 0.454 e. The summed E-state index contributed by atoms with van der Waals surface area (Å²) in [5.74, 6) is 1.41. The zero-order valence-corrected chi connectivity index (χ0v) is 21.1. The number of anilines is 1. The molecule has 0 spiro atoms. The molecule has 4 heterocycles. The summed E-state index contributed by atoms with van der Waals surface area (Å²) in [5, 5.41) is 7.96. The molecule has 6 rings (SSSR count). The number of ether oxygens (including phenoxy) is 2. The summed E-state index contributed by atoms with van der Waals surface area (Å²) in [6.45, 7) is 3.08. The topological polar surface area (TPSA) is 116 Å². The lowest BCUT2D eigenvalue weighted by Gasteiger charge is -2.25. The lowest BCUT2D eigenvalue weighted by molar-refractivity contribution is 0.102. The molecule has 4 aromatic rings. The third-order valence-corrected chi connectivity index (χ3v) is 9.10. The molecule has 1 saturated heterocycles. The number of carbonyl (C=O) groups excluding carboxylic acids is 1. The van der Waals surface area contributed by atoms with Crippen molar-refractivity contribution in [1.82, 2.24) is 19.1 Å². The van der Waals surface area contributed by atoms with Gasteiger partial charge >= 0.3 is 0 Å². The fourth-order valence-electron chi connectivity index (χ4n) is 4.35. The second-order valence-corrected chi connectivity index (χ2v) is 11.6. The number of piperidine rings is 1. The number of thiazole rings is 1. The van der Waals surface area contributed by atoms with Gasteiger partial charge in [0.2, 0.25) is 21.9 Å². The van der Waals surface area contributed by atoms with Gasteiger partial charge in [0.25, 0.3) is 5.91 Å². The molecule has 1 N–H and O–H groups in total. The summed E-state index contributed by atoms with van der Waals surface area (Å²) in [7, 11) is -3.56. The molecule has 0 aliphatic carbocycles. The van der Waals surface area contributed by atoms with Crippen molar-refractivity contribution in [3.05, 3.63) is 53.7 Å². The average molecular weight is 526 g/mol. The Kier molecular flexibility index (Phi) is 5.66. The van der Waals surface area contributed by atoms with Crippen molar-refractivity contribution in [2.45, 2.75) is 31.1 Å². The molecule has 0 saturated carbocycles. The van der Waals surface area contributed by atoms with Crippen LogP contribution in [-0.2, 0) is 10.0 Å². The van der Waals surface area contributed by atoms with Gasteiger partial charge in [0.05, 0.1) is 20.8 Å². The van der Waals surface area contributed by atoms with E-state index in [-0.39, 0.29) is 17.6 Å². The zero-order chi connectivity index (χ0) is 24.9. The fraction of sp³-hybridized carbons (Fsp3) is 0.292. The number of nitrogens with zero attached hydrogens (tertiary/aromatic N) is 4. The average Bonchev–Trinajstić information content (AvgIpc) is 3.60. The van der Waals surface area contributed by atoms with E-state index in [4.69, 9.17) is 9.47 Å². The molecule has 2 aliphatic rings. The third-order valence-electron chi connectivity index (χ3n) is 6.20. The van der Waals surface area contributed by atoms with Crippen LogP contribution in [0.15, 0.2) is 47.4 Å². The van der Waals surface area contributed by atoms with Gasteiger partial charge < -0.3 is 14.8 Å². The summed E-state index contributed by atoms with van der Waals surface area (Å²) in [5.41, 5.74) is 1.80. The first kappa shape index (κ1) is 23.0. The van der Waals surface area contributed by atoms with Crippen molar-refractivity contribution in [3.63, 3.8) is 0 Å². The van der Waals surface area contributed by atoms with Crippen molar-refractivity contribution in [3.8, 4) is 16.6 Å². The monoisotopic (exact) mass is 525 g/mol. The SMILES string of the molecule is Cc1cc(NC(=O)c2ccc(S(=O)(=O)N3CCCCC3)cc2)n(-c2nc3cc4c(cc3s2)OCO4)n1. The Bertz CT molecular complexity index is 1530. The minimum atomic E-state index is -3.56. The van der Waals surface area contributed by atoms with E-state index in [0.29, 0.717) is 46.8 Å². The van der Waals surface area contributed by atoms with E-state index in [0.717, 1.165) is 29.5 Å². The first-order valence-corrected chi connectivity index (χ1v) is 13.8. The summed E-state index contributed by atoms with van der Waals surface area (Å²) in [4.78, 5) is 17.9. The summed E-state index contributed by atoms with van der Waals surface area (Å²) in [6, 6.07) is 11.5. The Morgan fingerprint density at radius 1 is 1.03 bits per heavy atom. The highest BCUT2D eigenvalue weighted by Crippen LogP contribution is 2.39. The molecule has 0 unspecified atom stereocenters. The van der Waals surface area contributed by atoms with Crippen LogP contribution in [0.2, 0.25) is 0 Å². The number of benzene rings is 2. The normalized spacial score (nSPS) is 15.9. The van der Waals surface area contributed by atoms with Crippen LogP contribution in [0, 0.1) is 6.92 Å². The molecule has 12 heteroatoms. The van der Waals surface area contributed by atoms with E-state index in [2.05, 4.69) is 15.4 Å². The predicted molar refractivity (Wildman–Crippen MR) is 135 cm³/mol. The minimum absolute atomic E-state index is 0.191. The Morgan fingerprint density at radius 2 is 1.75 bits per heavy atom. The Labute approximate surface area is 211 Å². The van der Waals surface area contributed by atoms with Gasteiger partial charge in [0.1, 0.15) is 5.82 Å². The molecule has 2 aromatic carbocycles. The van der Waals surface area contributed by atoms with Crippen LogP contribution in [0.25, 0.3) is 15.3 Å². The predicted octanol–water partition coefficient (Wildman–Crippen LogP) is 3.95. The number of hydrogen-bond donors (Lipinski definition) is 1. The maximum atomic E-state index is 13.0. The van der Waals surface area contributed by atoms with Gasteiger partial charge in [-0.3, -0.25) is 4.79 Å². The maximum absolute atomic E-state index is 13.0. The minimum Gasteiger partial charge on any atom is -0.454 e. The molecule has 1 fully saturated rings. The van der Waals surface area contributed by atoms with E-state index in [9.17, 15) is 13.2 Å². The number of amides is 1. The van der Waals surface area contributed by atoms with Gasteiger partial charge in [-0.05, 0) is 44.0 Å². The standard InChI is InChI=1S/C24H23N5O5S2/c1-15-11-22(29(27-15)24-25-18-12-19-20(34-14-33-19)13-21(18)35-24)26-23(30)16-5-7-17(8-6-16)36(31,32)28-9-3-2-4-10-28/h5-8,11-13H,2-4,9-10,14H2,1H3,(H,26,30). The second kappa shape index (κ2) is 8.87. The van der Waals surface area contributed by atoms with Gasteiger partial charge in [-0.25, -0.2) is 13.4 Å².